The number of carboxylic acids is 1. The van der Waals surface area contributed by atoms with Gasteiger partial charge in [0.05, 0.1) is 6.61 Å². The summed E-state index contributed by atoms with van der Waals surface area (Å²) < 4.78 is 21.8. The lowest BCUT2D eigenvalue weighted by Crippen LogP contribution is -2.60. The molecule has 1 rings (SSSR count). The van der Waals surface area contributed by atoms with Crippen LogP contribution in [-0.2, 0) is 33.3 Å². The molecule has 0 aromatic rings. The lowest BCUT2D eigenvalue weighted by Gasteiger charge is -2.38. The number of hydrogen-bond acceptors (Lipinski definition) is 10. The van der Waals surface area contributed by atoms with E-state index in [4.69, 9.17) is 18.9 Å². The molecule has 4 N–H and O–H groups in total. The van der Waals surface area contributed by atoms with E-state index in [9.17, 15) is 34.8 Å². The standard InChI is InChI=1S/C49H90O11/c1-3-5-7-9-11-13-15-16-17-18-19-20-21-22-23-24-25-26-28-30-32-34-36-38-43(51)59-41(40-58-49-46(54)44(52)45(53)47(60-49)48(55)56)39-57-42(50)37-35-33-31-29-27-14-12-10-8-6-4-2/h10,12,41,44-47,49,52-54H,3-9,11,13-40H2,1-2H3,(H,55,56)/b12-10-. The van der Waals surface area contributed by atoms with Gasteiger partial charge in [-0.3, -0.25) is 9.59 Å². The van der Waals surface area contributed by atoms with Crippen LogP contribution in [0.25, 0.3) is 0 Å². The molecule has 0 radical (unpaired) electrons. The molecule has 1 heterocycles. The molecule has 1 aliphatic heterocycles. The van der Waals surface area contributed by atoms with Crippen molar-refractivity contribution in [3.05, 3.63) is 12.2 Å². The highest BCUT2D eigenvalue weighted by molar-refractivity contribution is 5.73. The second kappa shape index (κ2) is 39.8. The summed E-state index contributed by atoms with van der Waals surface area (Å²) in [5.74, 6) is -2.44. The molecule has 60 heavy (non-hydrogen) atoms. The molecule has 11 nitrogen and oxygen atoms in total. The van der Waals surface area contributed by atoms with Crippen LogP contribution in [0.15, 0.2) is 12.2 Å². The van der Waals surface area contributed by atoms with Crippen molar-refractivity contribution < 1.29 is 53.8 Å². The van der Waals surface area contributed by atoms with Crippen LogP contribution in [-0.4, -0.2) is 88.4 Å². The molecule has 0 aromatic heterocycles. The topological polar surface area (TPSA) is 169 Å². The molecule has 0 spiro atoms. The first kappa shape index (κ1) is 56.0. The molecule has 11 heteroatoms. The average molecular weight is 855 g/mol. The number of carbonyl (C=O) groups is 3. The molecular weight excluding hydrogens is 765 g/mol. The predicted octanol–water partition coefficient (Wildman–Crippen LogP) is 11.2. The van der Waals surface area contributed by atoms with E-state index in [1.54, 1.807) is 0 Å². The summed E-state index contributed by atoms with van der Waals surface area (Å²) in [6.07, 6.45) is 34.2. The maximum Gasteiger partial charge on any atom is 0.335 e. The molecule has 6 atom stereocenters. The summed E-state index contributed by atoms with van der Waals surface area (Å²) in [6, 6.07) is 0. The Balaban J connectivity index is 2.25. The fourth-order valence-corrected chi connectivity index (χ4v) is 7.69. The number of aliphatic hydroxyl groups is 3. The van der Waals surface area contributed by atoms with Crippen molar-refractivity contribution in [1.29, 1.82) is 0 Å². The lowest BCUT2D eigenvalue weighted by atomic mass is 9.99. The minimum Gasteiger partial charge on any atom is -0.479 e. The van der Waals surface area contributed by atoms with Gasteiger partial charge in [0, 0.05) is 12.8 Å². The number of carbonyl (C=O) groups excluding carboxylic acids is 2. The van der Waals surface area contributed by atoms with Crippen molar-refractivity contribution in [2.24, 2.45) is 0 Å². The van der Waals surface area contributed by atoms with E-state index in [2.05, 4.69) is 26.0 Å². The maximum absolute atomic E-state index is 12.8. The van der Waals surface area contributed by atoms with Crippen LogP contribution in [0.1, 0.15) is 232 Å². The zero-order valence-corrected chi connectivity index (χ0v) is 38.2. The number of allylic oxidation sites excluding steroid dienone is 2. The Labute approximate surface area is 365 Å². The van der Waals surface area contributed by atoms with Gasteiger partial charge in [0.2, 0.25) is 0 Å². The first-order chi connectivity index (χ1) is 29.2. The van der Waals surface area contributed by atoms with Gasteiger partial charge in [0.25, 0.3) is 0 Å². The van der Waals surface area contributed by atoms with Gasteiger partial charge in [-0.25, -0.2) is 4.79 Å². The number of esters is 2. The molecule has 1 fully saturated rings. The van der Waals surface area contributed by atoms with Gasteiger partial charge in [0.1, 0.15) is 24.9 Å². The molecule has 0 aliphatic carbocycles. The summed E-state index contributed by atoms with van der Waals surface area (Å²) in [7, 11) is 0. The zero-order chi connectivity index (χ0) is 43.9. The highest BCUT2D eigenvalue weighted by atomic mass is 16.7. The van der Waals surface area contributed by atoms with E-state index < -0.39 is 54.7 Å². The second-order valence-corrected chi connectivity index (χ2v) is 17.3. The van der Waals surface area contributed by atoms with E-state index >= 15 is 0 Å². The summed E-state index contributed by atoms with van der Waals surface area (Å²) in [6.45, 7) is 3.79. The number of aliphatic hydroxyl groups excluding tert-OH is 3. The number of hydrogen-bond donors (Lipinski definition) is 4. The van der Waals surface area contributed by atoms with Crippen LogP contribution in [0, 0.1) is 0 Å². The van der Waals surface area contributed by atoms with Gasteiger partial charge in [-0.1, -0.05) is 199 Å². The molecule has 352 valence electrons. The fraction of sp³-hybridized carbons (Fsp3) is 0.898. The molecule has 1 aliphatic rings. The first-order valence-electron chi connectivity index (χ1n) is 24.7. The molecule has 0 aromatic carbocycles. The number of ether oxygens (including phenoxy) is 4. The molecule has 6 unspecified atom stereocenters. The summed E-state index contributed by atoms with van der Waals surface area (Å²) in [4.78, 5) is 36.8. The third kappa shape index (κ3) is 30.9. The van der Waals surface area contributed by atoms with Gasteiger partial charge in [0.15, 0.2) is 18.5 Å². The van der Waals surface area contributed by atoms with Gasteiger partial charge in [-0.05, 0) is 32.1 Å². The summed E-state index contributed by atoms with van der Waals surface area (Å²) in [5, 5.41) is 39.8. The lowest BCUT2D eigenvalue weighted by molar-refractivity contribution is -0.298. The minimum atomic E-state index is -1.86. The van der Waals surface area contributed by atoms with Crippen LogP contribution < -0.4 is 0 Å². The van der Waals surface area contributed by atoms with Crippen molar-refractivity contribution in [2.45, 2.75) is 269 Å². The first-order valence-corrected chi connectivity index (χ1v) is 24.7. The summed E-state index contributed by atoms with van der Waals surface area (Å²) in [5.41, 5.74) is 0. The smallest absolute Gasteiger partial charge is 0.335 e. The predicted molar refractivity (Wildman–Crippen MR) is 239 cm³/mol. The van der Waals surface area contributed by atoms with E-state index in [-0.39, 0.29) is 26.1 Å². The highest BCUT2D eigenvalue weighted by Crippen LogP contribution is 2.23. The maximum atomic E-state index is 12.8. The number of aliphatic carboxylic acids is 1. The Morgan fingerprint density at radius 1 is 0.500 bits per heavy atom. The van der Waals surface area contributed by atoms with Crippen LogP contribution >= 0.6 is 0 Å². The van der Waals surface area contributed by atoms with Crippen molar-refractivity contribution in [3.8, 4) is 0 Å². The zero-order valence-electron chi connectivity index (χ0n) is 38.2. The Hall–Kier alpha value is -2.05. The average Bonchev–Trinajstić information content (AvgIpc) is 3.23. The van der Waals surface area contributed by atoms with Gasteiger partial charge < -0.3 is 39.4 Å². The fourth-order valence-electron chi connectivity index (χ4n) is 7.69. The van der Waals surface area contributed by atoms with Crippen LogP contribution in [0.5, 0.6) is 0 Å². The minimum absolute atomic E-state index is 0.187. The Morgan fingerprint density at radius 3 is 1.35 bits per heavy atom. The van der Waals surface area contributed by atoms with Crippen molar-refractivity contribution in [3.63, 3.8) is 0 Å². The third-order valence-electron chi connectivity index (χ3n) is 11.6. The van der Waals surface area contributed by atoms with Gasteiger partial charge in [-0.2, -0.15) is 0 Å². The molecule has 1 saturated heterocycles. The van der Waals surface area contributed by atoms with E-state index in [1.165, 1.54) is 135 Å². The van der Waals surface area contributed by atoms with Gasteiger partial charge in [-0.15, -0.1) is 0 Å². The molecule has 0 amide bonds. The molecule has 0 bridgehead atoms. The monoisotopic (exact) mass is 855 g/mol. The Kier molecular flexibility index (Phi) is 37.1. The molecular formula is C49H90O11. The Morgan fingerprint density at radius 2 is 0.900 bits per heavy atom. The van der Waals surface area contributed by atoms with E-state index in [0.717, 1.165) is 57.8 Å². The van der Waals surface area contributed by atoms with E-state index in [1.807, 2.05) is 0 Å². The van der Waals surface area contributed by atoms with Crippen LogP contribution in [0.2, 0.25) is 0 Å². The largest absolute Gasteiger partial charge is 0.479 e. The third-order valence-corrected chi connectivity index (χ3v) is 11.6. The number of rotatable bonds is 42. The quantitative estimate of drug-likeness (QED) is 0.0262. The number of unbranched alkanes of at least 4 members (excludes halogenated alkanes) is 29. The van der Waals surface area contributed by atoms with Crippen LogP contribution in [0.4, 0.5) is 0 Å². The van der Waals surface area contributed by atoms with Crippen molar-refractivity contribution >= 4 is 17.9 Å². The summed E-state index contributed by atoms with van der Waals surface area (Å²) >= 11 is 0. The van der Waals surface area contributed by atoms with Gasteiger partial charge >= 0.3 is 17.9 Å². The number of carboxylic acid groups (broad SMARTS) is 1. The van der Waals surface area contributed by atoms with Crippen LogP contribution in [0.3, 0.4) is 0 Å². The SMILES string of the molecule is CCCC/C=C\CCCCCCCC(=O)OCC(COC1OC(C(=O)O)C(O)C(O)C1O)OC(=O)CCCCCCCCCCCCCCCCCCCCCCCCC. The van der Waals surface area contributed by atoms with E-state index in [0.29, 0.717) is 12.8 Å². The van der Waals surface area contributed by atoms with Crippen molar-refractivity contribution in [1.82, 2.24) is 0 Å². The van der Waals surface area contributed by atoms with Crippen molar-refractivity contribution in [2.75, 3.05) is 13.2 Å². The molecule has 0 saturated carbocycles. The second-order valence-electron chi connectivity index (χ2n) is 17.3. The normalized spacial score (nSPS) is 19.8. The highest BCUT2D eigenvalue weighted by Gasteiger charge is 2.47. The Bertz CT molecular complexity index is 1050.